The van der Waals surface area contributed by atoms with Crippen LogP contribution < -0.4 is 4.90 Å². The molecule has 0 aliphatic heterocycles. The summed E-state index contributed by atoms with van der Waals surface area (Å²) in [5.74, 6) is 0. The summed E-state index contributed by atoms with van der Waals surface area (Å²) in [6.07, 6.45) is 0.467. The fraction of sp³-hybridized carbons (Fsp3) is 0.417. The molecule has 3 heteroatoms. The van der Waals surface area contributed by atoms with Gasteiger partial charge in [-0.15, -0.1) is 0 Å². The van der Waals surface area contributed by atoms with E-state index in [0.717, 1.165) is 6.54 Å². The number of rotatable bonds is 6. The summed E-state index contributed by atoms with van der Waals surface area (Å²) < 4.78 is 5.30. The summed E-state index contributed by atoms with van der Waals surface area (Å²) >= 11 is 0. The second-order valence-corrected chi connectivity index (χ2v) is 3.28. The average Bonchev–Trinajstić information content (AvgIpc) is 2.30. The number of ether oxygens (including phenoxy) is 1. The highest BCUT2D eigenvalue weighted by atomic mass is 16.5. The van der Waals surface area contributed by atoms with Crippen LogP contribution in [0.1, 0.15) is 6.42 Å². The molecule has 0 unspecified atom stereocenters. The first kappa shape index (κ1) is 11.5. The van der Waals surface area contributed by atoms with Crippen molar-refractivity contribution in [3.8, 4) is 6.07 Å². The highest BCUT2D eigenvalue weighted by molar-refractivity contribution is 5.44. The Labute approximate surface area is 90.9 Å². The summed E-state index contributed by atoms with van der Waals surface area (Å²) in [6, 6.07) is 12.2. The number of hydrogen-bond acceptors (Lipinski definition) is 3. The van der Waals surface area contributed by atoms with Crippen LogP contribution in [0.4, 0.5) is 5.69 Å². The Kier molecular flexibility index (Phi) is 5.28. The van der Waals surface area contributed by atoms with Crippen LogP contribution in [0, 0.1) is 11.3 Å². The smallest absolute Gasteiger partial charge is 0.0645 e. The summed E-state index contributed by atoms with van der Waals surface area (Å²) in [6.45, 7) is 2.03. The van der Waals surface area contributed by atoms with E-state index in [-0.39, 0.29) is 0 Å². The zero-order valence-electron chi connectivity index (χ0n) is 9.02. The van der Waals surface area contributed by atoms with Gasteiger partial charge in [0, 0.05) is 19.3 Å². The molecule has 1 aromatic carbocycles. The molecule has 0 aliphatic rings. The highest BCUT2D eigenvalue weighted by Gasteiger charge is 1.98. The lowest BCUT2D eigenvalue weighted by atomic mass is 10.3. The van der Waals surface area contributed by atoms with Crippen LogP contribution in [-0.2, 0) is 4.74 Å². The van der Waals surface area contributed by atoms with Crippen LogP contribution in [0.2, 0.25) is 0 Å². The van der Waals surface area contributed by atoms with E-state index in [9.17, 15) is 0 Å². The first-order chi connectivity index (χ1) is 7.34. The average molecular weight is 204 g/mol. The molecular formula is C12H16N2O. The van der Waals surface area contributed by atoms with Gasteiger partial charge < -0.3 is 9.64 Å². The number of nitriles is 1. The minimum atomic E-state index is 0.467. The molecule has 3 nitrogen and oxygen atoms in total. The second-order valence-electron chi connectivity index (χ2n) is 3.28. The van der Waals surface area contributed by atoms with Gasteiger partial charge in [-0.25, -0.2) is 0 Å². The first-order valence-electron chi connectivity index (χ1n) is 5.05. The predicted molar refractivity (Wildman–Crippen MR) is 60.8 cm³/mol. The van der Waals surface area contributed by atoms with Crippen LogP contribution >= 0.6 is 0 Å². The van der Waals surface area contributed by atoms with Gasteiger partial charge in [0.15, 0.2) is 0 Å². The Hall–Kier alpha value is -1.53. The van der Waals surface area contributed by atoms with Crippen molar-refractivity contribution in [1.82, 2.24) is 0 Å². The summed E-state index contributed by atoms with van der Waals surface area (Å²) in [5, 5.41) is 8.31. The van der Waals surface area contributed by atoms with Gasteiger partial charge >= 0.3 is 0 Å². The standard InChI is InChI=1S/C12H16N2O/c1-14(9-11-15-10-5-8-13)12-6-3-2-4-7-12/h2-4,6-7H,5,9-11H2,1H3. The van der Waals surface area contributed by atoms with Gasteiger partial charge in [0.05, 0.1) is 25.7 Å². The Morgan fingerprint density at radius 2 is 2.00 bits per heavy atom. The van der Waals surface area contributed by atoms with Crippen LogP contribution in [0.15, 0.2) is 30.3 Å². The minimum Gasteiger partial charge on any atom is -0.379 e. The maximum absolute atomic E-state index is 8.31. The van der Waals surface area contributed by atoms with Crippen molar-refractivity contribution in [2.24, 2.45) is 0 Å². The lowest BCUT2D eigenvalue weighted by Crippen LogP contribution is -2.22. The predicted octanol–water partition coefficient (Wildman–Crippen LogP) is 2.05. The molecule has 0 spiro atoms. The molecule has 0 aromatic heterocycles. The molecule has 1 rings (SSSR count). The third-order valence-electron chi connectivity index (χ3n) is 2.13. The van der Waals surface area contributed by atoms with E-state index in [0.29, 0.717) is 19.6 Å². The maximum atomic E-state index is 8.31. The largest absolute Gasteiger partial charge is 0.379 e. The van der Waals surface area contributed by atoms with Crippen molar-refractivity contribution in [2.75, 3.05) is 31.7 Å². The molecule has 80 valence electrons. The molecule has 0 saturated carbocycles. The van der Waals surface area contributed by atoms with Crippen LogP contribution in [-0.4, -0.2) is 26.8 Å². The van der Waals surface area contributed by atoms with Gasteiger partial charge in [-0.1, -0.05) is 18.2 Å². The van der Waals surface area contributed by atoms with E-state index in [4.69, 9.17) is 10.00 Å². The Bertz CT molecular complexity index is 305. The van der Waals surface area contributed by atoms with Crippen LogP contribution in [0.25, 0.3) is 0 Å². The number of hydrogen-bond donors (Lipinski definition) is 0. The molecule has 0 atom stereocenters. The van der Waals surface area contributed by atoms with Crippen LogP contribution in [0.3, 0.4) is 0 Å². The molecule has 0 radical (unpaired) electrons. The van der Waals surface area contributed by atoms with Crippen LogP contribution in [0.5, 0.6) is 0 Å². The third kappa shape index (κ3) is 4.48. The zero-order valence-corrected chi connectivity index (χ0v) is 9.02. The van der Waals surface area contributed by atoms with Crippen molar-refractivity contribution in [3.63, 3.8) is 0 Å². The third-order valence-corrected chi connectivity index (χ3v) is 2.13. The summed E-state index contributed by atoms with van der Waals surface area (Å²) in [4.78, 5) is 2.13. The molecule has 0 N–H and O–H groups in total. The number of nitrogens with zero attached hydrogens (tertiary/aromatic N) is 2. The number of anilines is 1. The van der Waals surface area contributed by atoms with E-state index in [2.05, 4.69) is 17.0 Å². The van der Waals surface area contributed by atoms with Crippen molar-refractivity contribution in [3.05, 3.63) is 30.3 Å². The van der Waals surface area contributed by atoms with Gasteiger partial charge in [0.25, 0.3) is 0 Å². The number of likely N-dealkylation sites (N-methyl/N-ethyl adjacent to an activating group) is 1. The number of benzene rings is 1. The molecule has 0 bridgehead atoms. The fourth-order valence-corrected chi connectivity index (χ4v) is 1.23. The first-order valence-corrected chi connectivity index (χ1v) is 5.05. The lowest BCUT2D eigenvalue weighted by molar-refractivity contribution is 0.146. The van der Waals surface area contributed by atoms with Gasteiger partial charge in [-0.05, 0) is 12.1 Å². The maximum Gasteiger partial charge on any atom is 0.0645 e. The molecule has 0 amide bonds. The van der Waals surface area contributed by atoms with Crippen molar-refractivity contribution in [2.45, 2.75) is 6.42 Å². The molecule has 0 fully saturated rings. The summed E-state index contributed by atoms with van der Waals surface area (Å²) in [5.41, 5.74) is 1.18. The Morgan fingerprint density at radius 3 is 2.67 bits per heavy atom. The lowest BCUT2D eigenvalue weighted by Gasteiger charge is -2.18. The van der Waals surface area contributed by atoms with Gasteiger partial charge in [0.2, 0.25) is 0 Å². The molecule has 1 aromatic rings. The SMILES string of the molecule is CN(CCOCCC#N)c1ccccc1. The molecular weight excluding hydrogens is 188 g/mol. The van der Waals surface area contributed by atoms with Gasteiger partial charge in [0.1, 0.15) is 0 Å². The Balaban J connectivity index is 2.20. The topological polar surface area (TPSA) is 36.3 Å². The van der Waals surface area contributed by atoms with E-state index < -0.39 is 0 Å². The summed E-state index contributed by atoms with van der Waals surface area (Å²) in [7, 11) is 2.03. The van der Waals surface area contributed by atoms with E-state index >= 15 is 0 Å². The molecule has 0 heterocycles. The van der Waals surface area contributed by atoms with E-state index in [1.54, 1.807) is 0 Å². The van der Waals surface area contributed by atoms with Gasteiger partial charge in [-0.2, -0.15) is 5.26 Å². The van der Waals surface area contributed by atoms with Crippen molar-refractivity contribution < 1.29 is 4.74 Å². The normalized spacial score (nSPS) is 9.60. The fourth-order valence-electron chi connectivity index (χ4n) is 1.23. The molecule has 15 heavy (non-hydrogen) atoms. The van der Waals surface area contributed by atoms with Crippen molar-refractivity contribution in [1.29, 1.82) is 5.26 Å². The van der Waals surface area contributed by atoms with Gasteiger partial charge in [-0.3, -0.25) is 0 Å². The second kappa shape index (κ2) is 6.86. The zero-order chi connectivity index (χ0) is 10.9. The van der Waals surface area contributed by atoms with E-state index in [1.807, 2.05) is 31.3 Å². The monoisotopic (exact) mass is 204 g/mol. The van der Waals surface area contributed by atoms with E-state index in [1.165, 1.54) is 5.69 Å². The molecule has 0 saturated heterocycles. The number of para-hydroxylation sites is 1. The highest BCUT2D eigenvalue weighted by Crippen LogP contribution is 2.09. The molecule has 0 aliphatic carbocycles. The minimum absolute atomic E-state index is 0.467. The van der Waals surface area contributed by atoms with Crippen molar-refractivity contribution >= 4 is 5.69 Å². The Morgan fingerprint density at radius 1 is 1.27 bits per heavy atom. The quantitative estimate of drug-likeness (QED) is 0.665.